The Hall–Kier alpha value is -2.06. The average molecular weight is 430 g/mol. The van der Waals surface area contributed by atoms with Crippen LogP contribution in [0.15, 0.2) is 33.8 Å². The van der Waals surface area contributed by atoms with Gasteiger partial charge in [0.15, 0.2) is 0 Å². The number of hydrogen-bond acceptors (Lipinski definition) is 6. The second kappa shape index (κ2) is 9.59. The van der Waals surface area contributed by atoms with E-state index in [9.17, 15) is 10.5 Å². The van der Waals surface area contributed by atoms with Crippen molar-refractivity contribution in [1.82, 2.24) is 9.88 Å². The van der Waals surface area contributed by atoms with E-state index in [4.69, 9.17) is 5.73 Å². The normalized spacial score (nSPS) is 10.5. The van der Waals surface area contributed by atoms with E-state index in [1.54, 1.807) is 0 Å². The number of hydrogen-bond donors (Lipinski definition) is 1. The summed E-state index contributed by atoms with van der Waals surface area (Å²) in [5.74, 6) is 0.962. The molecule has 2 rings (SSSR count). The summed E-state index contributed by atoms with van der Waals surface area (Å²) in [5, 5.41) is 19.9. The SMILES string of the molecule is CCN(CC)CCSc1nc(N)c(C#N)c(-c2ccc(Br)cc2)c1C#N. The lowest BCUT2D eigenvalue weighted by atomic mass is 9.97. The molecule has 7 heteroatoms. The third-order valence-electron chi connectivity index (χ3n) is 4.09. The Morgan fingerprint density at radius 2 is 1.73 bits per heavy atom. The van der Waals surface area contributed by atoms with Crippen LogP contribution in [0.2, 0.25) is 0 Å². The van der Waals surface area contributed by atoms with Gasteiger partial charge in [0, 0.05) is 22.3 Å². The van der Waals surface area contributed by atoms with Gasteiger partial charge in [-0.3, -0.25) is 0 Å². The topological polar surface area (TPSA) is 89.7 Å². The molecule has 2 N–H and O–H groups in total. The van der Waals surface area contributed by atoms with Crippen molar-refractivity contribution in [2.45, 2.75) is 18.9 Å². The van der Waals surface area contributed by atoms with Crippen LogP contribution in [0.5, 0.6) is 0 Å². The molecule has 0 amide bonds. The van der Waals surface area contributed by atoms with Crippen LogP contribution in [0.25, 0.3) is 11.1 Å². The van der Waals surface area contributed by atoms with Gasteiger partial charge in [0.1, 0.15) is 28.5 Å². The maximum Gasteiger partial charge on any atom is 0.143 e. The van der Waals surface area contributed by atoms with Gasteiger partial charge >= 0.3 is 0 Å². The highest BCUT2D eigenvalue weighted by atomic mass is 79.9. The van der Waals surface area contributed by atoms with Gasteiger partial charge in [-0.1, -0.05) is 41.9 Å². The van der Waals surface area contributed by atoms with Gasteiger partial charge in [0.05, 0.1) is 5.56 Å². The monoisotopic (exact) mass is 429 g/mol. The summed E-state index contributed by atoms with van der Waals surface area (Å²) in [6, 6.07) is 11.8. The van der Waals surface area contributed by atoms with Crippen molar-refractivity contribution in [2.24, 2.45) is 0 Å². The Labute approximate surface area is 167 Å². The Kier molecular flexibility index (Phi) is 7.47. The summed E-state index contributed by atoms with van der Waals surface area (Å²) in [5.41, 5.74) is 8.02. The molecule has 2 aromatic rings. The van der Waals surface area contributed by atoms with E-state index in [2.05, 4.69) is 51.8 Å². The zero-order chi connectivity index (χ0) is 19.1. The maximum atomic E-state index is 9.75. The minimum atomic E-state index is 0.162. The molecule has 0 aliphatic rings. The highest BCUT2D eigenvalue weighted by molar-refractivity contribution is 9.10. The standard InChI is InChI=1S/C19H20BrN5S/c1-3-25(4-2)9-10-26-19-16(12-22)17(15(11-21)18(23)24-19)13-5-7-14(20)8-6-13/h5-8H,3-4,9-10H2,1-2H3,(H2,23,24). The molecule has 1 aromatic heterocycles. The first-order valence-corrected chi connectivity index (χ1v) is 10.1. The smallest absolute Gasteiger partial charge is 0.143 e. The maximum absolute atomic E-state index is 9.75. The van der Waals surface area contributed by atoms with Crippen LogP contribution < -0.4 is 5.73 Å². The molecule has 5 nitrogen and oxygen atoms in total. The highest BCUT2D eigenvalue weighted by Gasteiger charge is 2.20. The van der Waals surface area contributed by atoms with E-state index in [-0.39, 0.29) is 11.4 Å². The molecule has 0 spiro atoms. The molecule has 134 valence electrons. The number of aromatic nitrogens is 1. The molecule has 26 heavy (non-hydrogen) atoms. The number of rotatable bonds is 7. The van der Waals surface area contributed by atoms with E-state index in [1.807, 2.05) is 24.3 Å². The molecule has 0 saturated carbocycles. The number of thioether (sulfide) groups is 1. The van der Waals surface area contributed by atoms with Crippen LogP contribution in [0, 0.1) is 22.7 Å². The third kappa shape index (κ3) is 4.56. The number of nitrogens with two attached hydrogens (primary N) is 1. The predicted octanol–water partition coefficient (Wildman–Crippen LogP) is 4.27. The van der Waals surface area contributed by atoms with Crippen LogP contribution in [0.3, 0.4) is 0 Å². The number of halogens is 1. The third-order valence-corrected chi connectivity index (χ3v) is 5.57. The number of nitrogens with zero attached hydrogens (tertiary/aromatic N) is 4. The molecule has 0 atom stereocenters. The molecule has 0 fully saturated rings. The molecule has 0 saturated heterocycles. The van der Waals surface area contributed by atoms with E-state index in [0.29, 0.717) is 16.2 Å². The summed E-state index contributed by atoms with van der Waals surface area (Å²) >= 11 is 4.91. The molecular weight excluding hydrogens is 410 g/mol. The molecule has 0 aliphatic carbocycles. The molecule has 0 unspecified atom stereocenters. The summed E-state index contributed by atoms with van der Waals surface area (Å²) in [6.07, 6.45) is 0. The van der Waals surface area contributed by atoms with Gasteiger partial charge < -0.3 is 10.6 Å². The Bertz CT molecular complexity index is 848. The van der Waals surface area contributed by atoms with Crippen LogP contribution in [-0.4, -0.2) is 35.3 Å². The van der Waals surface area contributed by atoms with Crippen LogP contribution in [0.1, 0.15) is 25.0 Å². The van der Waals surface area contributed by atoms with Crippen molar-refractivity contribution < 1.29 is 0 Å². The van der Waals surface area contributed by atoms with Crippen molar-refractivity contribution >= 4 is 33.5 Å². The van der Waals surface area contributed by atoms with Crippen LogP contribution in [-0.2, 0) is 0 Å². The van der Waals surface area contributed by atoms with Gasteiger partial charge in [-0.2, -0.15) is 10.5 Å². The minimum Gasteiger partial charge on any atom is -0.383 e. The molecular formula is C19H20BrN5S. The van der Waals surface area contributed by atoms with Gasteiger partial charge in [0.25, 0.3) is 0 Å². The fourth-order valence-corrected chi connectivity index (χ4v) is 3.88. The highest BCUT2D eigenvalue weighted by Crippen LogP contribution is 2.36. The minimum absolute atomic E-state index is 0.162. The summed E-state index contributed by atoms with van der Waals surface area (Å²) in [6.45, 7) is 7.11. The zero-order valence-corrected chi connectivity index (χ0v) is 17.2. The van der Waals surface area contributed by atoms with Crippen LogP contribution >= 0.6 is 27.7 Å². The second-order valence-corrected chi connectivity index (χ2v) is 7.53. The van der Waals surface area contributed by atoms with Gasteiger partial charge in [0.2, 0.25) is 0 Å². The summed E-state index contributed by atoms with van der Waals surface area (Å²) in [7, 11) is 0. The Balaban J connectivity index is 2.46. The first-order valence-electron chi connectivity index (χ1n) is 8.30. The lowest BCUT2D eigenvalue weighted by Crippen LogP contribution is -2.25. The number of anilines is 1. The number of pyridine rings is 1. The summed E-state index contributed by atoms with van der Waals surface area (Å²) < 4.78 is 0.925. The van der Waals surface area contributed by atoms with Crippen molar-refractivity contribution in [1.29, 1.82) is 10.5 Å². The van der Waals surface area contributed by atoms with Crippen molar-refractivity contribution in [3.63, 3.8) is 0 Å². The van der Waals surface area contributed by atoms with E-state index >= 15 is 0 Å². The second-order valence-electron chi connectivity index (χ2n) is 5.53. The van der Waals surface area contributed by atoms with Gasteiger partial charge in [-0.15, -0.1) is 11.8 Å². The predicted molar refractivity (Wildman–Crippen MR) is 110 cm³/mol. The molecule has 0 radical (unpaired) electrons. The van der Waals surface area contributed by atoms with E-state index in [0.717, 1.165) is 35.4 Å². The average Bonchev–Trinajstić information content (AvgIpc) is 2.65. The largest absolute Gasteiger partial charge is 0.383 e. The summed E-state index contributed by atoms with van der Waals surface area (Å²) in [4.78, 5) is 6.64. The lowest BCUT2D eigenvalue weighted by Gasteiger charge is -2.18. The van der Waals surface area contributed by atoms with E-state index < -0.39 is 0 Å². The van der Waals surface area contributed by atoms with Gasteiger partial charge in [-0.25, -0.2) is 4.98 Å². The number of nitrogen functional groups attached to an aromatic ring is 1. The fourth-order valence-electron chi connectivity index (χ4n) is 2.62. The zero-order valence-electron chi connectivity index (χ0n) is 14.8. The molecule has 1 heterocycles. The van der Waals surface area contributed by atoms with Gasteiger partial charge in [-0.05, 0) is 30.8 Å². The Morgan fingerprint density at radius 3 is 2.27 bits per heavy atom. The first-order chi connectivity index (χ1) is 12.5. The van der Waals surface area contributed by atoms with Crippen LogP contribution in [0.4, 0.5) is 5.82 Å². The van der Waals surface area contributed by atoms with Crippen molar-refractivity contribution in [3.05, 3.63) is 39.9 Å². The van der Waals surface area contributed by atoms with E-state index in [1.165, 1.54) is 11.8 Å². The molecule has 1 aromatic carbocycles. The van der Waals surface area contributed by atoms with Crippen molar-refractivity contribution in [2.75, 3.05) is 31.1 Å². The lowest BCUT2D eigenvalue weighted by molar-refractivity contribution is 0.324. The fraction of sp³-hybridized carbons (Fsp3) is 0.316. The molecule has 0 aliphatic heterocycles. The number of benzene rings is 1. The van der Waals surface area contributed by atoms with Crippen molar-refractivity contribution in [3.8, 4) is 23.3 Å². The molecule has 0 bridgehead atoms. The quantitative estimate of drug-likeness (QED) is 0.660. The Morgan fingerprint density at radius 1 is 1.12 bits per heavy atom. The first kappa shape index (κ1) is 20.3. The number of nitriles is 2.